The Morgan fingerprint density at radius 2 is 1.82 bits per heavy atom. The summed E-state index contributed by atoms with van der Waals surface area (Å²) in [7, 11) is -2.41. The van der Waals surface area contributed by atoms with Crippen LogP contribution in [0, 0.1) is 0 Å². The lowest BCUT2D eigenvalue weighted by Gasteiger charge is -2.23. The summed E-state index contributed by atoms with van der Waals surface area (Å²) < 4.78 is 5.87. The van der Waals surface area contributed by atoms with E-state index in [-0.39, 0.29) is 6.17 Å². The lowest BCUT2D eigenvalue weighted by molar-refractivity contribution is 0.562. The van der Waals surface area contributed by atoms with Crippen molar-refractivity contribution >= 4 is 17.4 Å². The maximum Gasteiger partial charge on any atom is 0.170 e. The predicted octanol–water partition coefficient (Wildman–Crippen LogP) is 0.435. The Morgan fingerprint density at radius 3 is 2.09 bits per heavy atom. The quantitative estimate of drug-likeness (QED) is 0.502. The highest BCUT2D eigenvalue weighted by Crippen LogP contribution is 2.07. The van der Waals surface area contributed by atoms with Gasteiger partial charge < -0.3 is 15.6 Å². The monoisotopic (exact) mass is 192 g/mol. The van der Waals surface area contributed by atoms with E-state index in [1.807, 2.05) is 0 Å². The minimum absolute atomic E-state index is 0.187. The molecule has 0 heterocycles. The van der Waals surface area contributed by atoms with Crippen molar-refractivity contribution in [3.05, 3.63) is 0 Å². The molecule has 1 unspecified atom stereocenters. The van der Waals surface area contributed by atoms with Gasteiger partial charge in [-0.1, -0.05) is 0 Å². The van der Waals surface area contributed by atoms with Crippen LogP contribution in [-0.2, 0) is 4.12 Å². The first kappa shape index (κ1) is 11.3. The molecule has 68 valence electrons. The van der Waals surface area contributed by atoms with E-state index in [0.29, 0.717) is 0 Å². The number of nitrogens with two attached hydrogens (primary N) is 2. The fourth-order valence-corrected chi connectivity index (χ4v) is 7.01. The van der Waals surface area contributed by atoms with E-state index in [1.54, 1.807) is 0 Å². The Kier molecular flexibility index (Phi) is 4.49. The minimum Gasteiger partial charge on any atom is -0.458 e. The van der Waals surface area contributed by atoms with Gasteiger partial charge in [-0.25, -0.2) is 0 Å². The van der Waals surface area contributed by atoms with E-state index in [2.05, 4.69) is 26.2 Å². The van der Waals surface area contributed by atoms with E-state index < -0.39 is 17.4 Å². The fraction of sp³-hybridized carbons (Fsp3) is 1.00. The van der Waals surface area contributed by atoms with Crippen LogP contribution in [0.2, 0.25) is 32.2 Å². The lowest BCUT2D eigenvalue weighted by Crippen LogP contribution is -2.40. The van der Waals surface area contributed by atoms with Gasteiger partial charge in [-0.2, -0.15) is 0 Å². The number of hydrogen-bond donors (Lipinski definition) is 2. The largest absolute Gasteiger partial charge is 0.458 e. The van der Waals surface area contributed by atoms with E-state index in [1.165, 1.54) is 0 Å². The summed E-state index contributed by atoms with van der Waals surface area (Å²) in [6.07, 6.45) is -0.187. The maximum absolute atomic E-state index is 5.87. The zero-order valence-electron chi connectivity index (χ0n) is 7.92. The van der Waals surface area contributed by atoms with Gasteiger partial charge in [-0.05, 0) is 32.2 Å². The third-order valence-corrected chi connectivity index (χ3v) is 6.80. The molecule has 11 heavy (non-hydrogen) atoms. The Morgan fingerprint density at radius 1 is 1.36 bits per heavy atom. The molecule has 0 aliphatic rings. The van der Waals surface area contributed by atoms with Gasteiger partial charge in [0.15, 0.2) is 17.4 Å². The van der Waals surface area contributed by atoms with Gasteiger partial charge in [0.25, 0.3) is 0 Å². The summed E-state index contributed by atoms with van der Waals surface area (Å²) in [5, 5.41) is 0. The molecule has 0 aromatic carbocycles. The standard InChI is InChI=1S/C6H20N2OSi2/c1-10(5-6(7)8)9-11(2,3)4/h6,10H,5,7-8H2,1-4H3. The van der Waals surface area contributed by atoms with Gasteiger partial charge in [0, 0.05) is 0 Å². The molecule has 4 N–H and O–H groups in total. The topological polar surface area (TPSA) is 61.3 Å². The van der Waals surface area contributed by atoms with Crippen molar-refractivity contribution in [3.63, 3.8) is 0 Å². The zero-order valence-corrected chi connectivity index (χ0v) is 10.1. The van der Waals surface area contributed by atoms with Crippen LogP contribution in [0.25, 0.3) is 0 Å². The molecule has 0 saturated carbocycles. The van der Waals surface area contributed by atoms with Crippen LogP contribution in [0.3, 0.4) is 0 Å². The normalized spacial score (nSPS) is 15.5. The molecule has 0 aliphatic heterocycles. The molecule has 0 bridgehead atoms. The molecule has 0 spiro atoms. The highest BCUT2D eigenvalue weighted by Gasteiger charge is 2.19. The third kappa shape index (κ3) is 8.22. The molecular formula is C6H20N2OSi2. The highest BCUT2D eigenvalue weighted by atomic mass is 28.4. The molecular weight excluding hydrogens is 172 g/mol. The van der Waals surface area contributed by atoms with E-state index in [0.717, 1.165) is 6.04 Å². The predicted molar refractivity (Wildman–Crippen MR) is 54.4 cm³/mol. The molecule has 0 aromatic heterocycles. The summed E-state index contributed by atoms with van der Waals surface area (Å²) in [6.45, 7) is 8.74. The van der Waals surface area contributed by atoms with Crippen molar-refractivity contribution in [2.45, 2.75) is 38.4 Å². The summed E-state index contributed by atoms with van der Waals surface area (Å²) in [4.78, 5) is 0. The van der Waals surface area contributed by atoms with Crippen LogP contribution in [0.4, 0.5) is 0 Å². The zero-order chi connectivity index (χ0) is 9.07. The number of rotatable bonds is 4. The summed E-state index contributed by atoms with van der Waals surface area (Å²) in [5.74, 6) is 0. The van der Waals surface area contributed by atoms with Gasteiger partial charge in [0.2, 0.25) is 0 Å². The Labute approximate surface area is 72.0 Å². The van der Waals surface area contributed by atoms with Crippen molar-refractivity contribution in [2.24, 2.45) is 11.5 Å². The van der Waals surface area contributed by atoms with Gasteiger partial charge >= 0.3 is 0 Å². The van der Waals surface area contributed by atoms with Crippen LogP contribution in [0.15, 0.2) is 0 Å². The Balaban J connectivity index is 3.61. The van der Waals surface area contributed by atoms with E-state index >= 15 is 0 Å². The van der Waals surface area contributed by atoms with Gasteiger partial charge in [-0.15, -0.1) is 0 Å². The molecule has 0 aromatic rings. The molecule has 0 amide bonds. The maximum atomic E-state index is 5.87. The third-order valence-electron chi connectivity index (χ3n) is 1.16. The van der Waals surface area contributed by atoms with Crippen LogP contribution < -0.4 is 11.5 Å². The first-order valence-corrected chi connectivity index (χ1v) is 9.85. The lowest BCUT2D eigenvalue weighted by atomic mass is 10.6. The smallest absolute Gasteiger partial charge is 0.170 e. The first-order chi connectivity index (χ1) is 4.81. The molecule has 0 fully saturated rings. The Bertz CT molecular complexity index is 114. The number of hydrogen-bond acceptors (Lipinski definition) is 3. The molecule has 0 aliphatic carbocycles. The highest BCUT2D eigenvalue weighted by molar-refractivity contribution is 6.77. The van der Waals surface area contributed by atoms with Crippen molar-refractivity contribution in [3.8, 4) is 0 Å². The second-order valence-corrected chi connectivity index (χ2v) is 11.2. The van der Waals surface area contributed by atoms with Gasteiger partial charge in [0.05, 0.1) is 6.17 Å². The fourth-order valence-electron chi connectivity index (χ4n) is 1.03. The van der Waals surface area contributed by atoms with E-state index in [9.17, 15) is 0 Å². The Hall–Kier alpha value is 0.314. The first-order valence-electron chi connectivity index (χ1n) is 4.00. The van der Waals surface area contributed by atoms with Gasteiger partial charge in [-0.3, -0.25) is 0 Å². The summed E-state index contributed by atoms with van der Waals surface area (Å²) >= 11 is 0. The summed E-state index contributed by atoms with van der Waals surface area (Å²) in [5.41, 5.74) is 10.9. The minimum atomic E-state index is -1.34. The SMILES string of the molecule is C[SiH](CC(N)N)O[Si](C)(C)C. The van der Waals surface area contributed by atoms with Crippen molar-refractivity contribution in [2.75, 3.05) is 0 Å². The molecule has 5 heteroatoms. The molecule has 0 saturated heterocycles. The van der Waals surface area contributed by atoms with Crippen LogP contribution in [0.1, 0.15) is 0 Å². The second kappa shape index (κ2) is 4.37. The average Bonchev–Trinajstić information content (AvgIpc) is 1.53. The van der Waals surface area contributed by atoms with Crippen molar-refractivity contribution < 1.29 is 4.12 Å². The summed E-state index contributed by atoms with van der Waals surface area (Å²) in [6, 6.07) is 0.879. The second-order valence-electron chi connectivity index (χ2n) is 3.94. The molecule has 1 atom stereocenters. The van der Waals surface area contributed by atoms with Crippen molar-refractivity contribution in [1.29, 1.82) is 0 Å². The van der Waals surface area contributed by atoms with E-state index in [4.69, 9.17) is 15.6 Å². The van der Waals surface area contributed by atoms with Gasteiger partial charge in [0.1, 0.15) is 0 Å². The molecule has 3 nitrogen and oxygen atoms in total. The molecule has 0 rings (SSSR count). The molecule has 0 radical (unpaired) electrons. The van der Waals surface area contributed by atoms with Crippen LogP contribution >= 0.6 is 0 Å². The average molecular weight is 192 g/mol. The van der Waals surface area contributed by atoms with Crippen molar-refractivity contribution in [1.82, 2.24) is 0 Å². The van der Waals surface area contributed by atoms with Crippen LogP contribution in [0.5, 0.6) is 0 Å². The van der Waals surface area contributed by atoms with Crippen LogP contribution in [-0.4, -0.2) is 23.5 Å².